The Morgan fingerprint density at radius 3 is 3.06 bits per heavy atom. The first-order chi connectivity index (χ1) is 8.66. The summed E-state index contributed by atoms with van der Waals surface area (Å²) in [6.07, 6.45) is 2.29. The predicted molar refractivity (Wildman–Crippen MR) is 71.8 cm³/mol. The molecule has 3 rings (SSSR count). The number of para-hydroxylation sites is 1. The van der Waals surface area contributed by atoms with E-state index in [-0.39, 0.29) is 5.75 Å². The minimum absolute atomic E-state index is 0.260. The zero-order valence-electron chi connectivity index (χ0n) is 10.8. The second-order valence-electron chi connectivity index (χ2n) is 5.36. The number of fused-ring (bicyclic) bond motifs is 1. The number of phenols is 1. The van der Waals surface area contributed by atoms with E-state index in [1.165, 1.54) is 5.69 Å². The first kappa shape index (κ1) is 11.5. The van der Waals surface area contributed by atoms with E-state index in [0.29, 0.717) is 17.5 Å². The molecular formula is C14H19N3O. The van der Waals surface area contributed by atoms with Crippen molar-refractivity contribution >= 4 is 10.9 Å². The average Bonchev–Trinajstić information content (AvgIpc) is 2.78. The molecule has 2 unspecified atom stereocenters. The molecule has 1 saturated heterocycles. The van der Waals surface area contributed by atoms with Gasteiger partial charge in [0.2, 0.25) is 0 Å². The molecule has 2 atom stereocenters. The Morgan fingerprint density at radius 2 is 2.28 bits per heavy atom. The van der Waals surface area contributed by atoms with Crippen molar-refractivity contribution in [1.29, 1.82) is 0 Å². The summed E-state index contributed by atoms with van der Waals surface area (Å²) >= 11 is 0. The number of benzene rings is 1. The van der Waals surface area contributed by atoms with Gasteiger partial charge >= 0.3 is 0 Å². The van der Waals surface area contributed by atoms with Gasteiger partial charge in [0, 0.05) is 23.0 Å². The van der Waals surface area contributed by atoms with Crippen LogP contribution in [0.3, 0.4) is 0 Å². The van der Waals surface area contributed by atoms with Crippen LogP contribution in [-0.4, -0.2) is 39.8 Å². The smallest absolute Gasteiger partial charge is 0.143 e. The SMILES string of the molecule is CC1CC(c2[nH]nc3c(O)cccc23)CCN1C. The van der Waals surface area contributed by atoms with Crippen LogP contribution in [0, 0.1) is 0 Å². The Hall–Kier alpha value is -1.55. The van der Waals surface area contributed by atoms with Crippen molar-refractivity contribution in [3.8, 4) is 5.75 Å². The fraction of sp³-hybridized carbons (Fsp3) is 0.500. The lowest BCUT2D eigenvalue weighted by molar-refractivity contribution is 0.181. The fourth-order valence-electron chi connectivity index (χ4n) is 2.91. The molecule has 2 aromatic rings. The van der Waals surface area contributed by atoms with Gasteiger partial charge < -0.3 is 10.0 Å². The van der Waals surface area contributed by atoms with Crippen LogP contribution in [0.1, 0.15) is 31.4 Å². The first-order valence-corrected chi connectivity index (χ1v) is 6.53. The number of rotatable bonds is 1. The van der Waals surface area contributed by atoms with Gasteiger partial charge in [0.25, 0.3) is 0 Å². The molecule has 1 aliphatic rings. The van der Waals surface area contributed by atoms with E-state index in [4.69, 9.17) is 0 Å². The quantitative estimate of drug-likeness (QED) is 0.811. The Morgan fingerprint density at radius 1 is 1.44 bits per heavy atom. The number of aromatic hydroxyl groups is 1. The lowest BCUT2D eigenvalue weighted by Gasteiger charge is -2.34. The monoisotopic (exact) mass is 245 g/mol. The number of aromatic nitrogens is 2. The van der Waals surface area contributed by atoms with E-state index in [1.54, 1.807) is 6.07 Å². The Bertz CT molecular complexity index is 563. The molecule has 2 N–H and O–H groups in total. The van der Waals surface area contributed by atoms with Crippen LogP contribution < -0.4 is 0 Å². The Labute approximate surface area is 107 Å². The van der Waals surface area contributed by atoms with E-state index in [9.17, 15) is 5.11 Å². The molecule has 1 aromatic heterocycles. The maximum Gasteiger partial charge on any atom is 0.143 e. The number of piperidine rings is 1. The molecular weight excluding hydrogens is 226 g/mol. The van der Waals surface area contributed by atoms with Crippen LogP contribution in [0.15, 0.2) is 18.2 Å². The topological polar surface area (TPSA) is 52.1 Å². The summed E-state index contributed by atoms with van der Waals surface area (Å²) in [6, 6.07) is 6.20. The van der Waals surface area contributed by atoms with Crippen molar-refractivity contribution in [1.82, 2.24) is 15.1 Å². The molecule has 0 spiro atoms. The molecule has 0 radical (unpaired) electrons. The number of hydrogen-bond acceptors (Lipinski definition) is 3. The Balaban J connectivity index is 1.98. The van der Waals surface area contributed by atoms with Crippen LogP contribution in [0.25, 0.3) is 10.9 Å². The van der Waals surface area contributed by atoms with Gasteiger partial charge in [-0.3, -0.25) is 5.10 Å². The summed E-state index contributed by atoms with van der Waals surface area (Å²) in [5.41, 5.74) is 1.87. The summed E-state index contributed by atoms with van der Waals surface area (Å²) < 4.78 is 0. The lowest BCUT2D eigenvalue weighted by atomic mass is 9.88. The summed E-state index contributed by atoms with van der Waals surface area (Å²) in [7, 11) is 2.18. The number of aromatic amines is 1. The molecule has 1 fully saturated rings. The highest BCUT2D eigenvalue weighted by Gasteiger charge is 2.26. The van der Waals surface area contributed by atoms with Crippen molar-refractivity contribution in [2.45, 2.75) is 31.7 Å². The van der Waals surface area contributed by atoms with E-state index in [2.05, 4.69) is 29.1 Å². The number of phenolic OH excluding ortho intramolecular Hbond substituents is 1. The van der Waals surface area contributed by atoms with E-state index < -0.39 is 0 Å². The van der Waals surface area contributed by atoms with Crippen LogP contribution in [-0.2, 0) is 0 Å². The van der Waals surface area contributed by atoms with Gasteiger partial charge in [-0.15, -0.1) is 0 Å². The van der Waals surface area contributed by atoms with Crippen LogP contribution in [0.5, 0.6) is 5.75 Å². The van der Waals surface area contributed by atoms with Crippen molar-refractivity contribution < 1.29 is 5.11 Å². The highest BCUT2D eigenvalue weighted by atomic mass is 16.3. The largest absolute Gasteiger partial charge is 0.506 e. The highest BCUT2D eigenvalue weighted by Crippen LogP contribution is 2.35. The summed E-state index contributed by atoms with van der Waals surface area (Å²) in [4.78, 5) is 2.40. The van der Waals surface area contributed by atoms with Crippen molar-refractivity contribution in [3.05, 3.63) is 23.9 Å². The lowest BCUT2D eigenvalue weighted by Crippen LogP contribution is -2.37. The number of hydrogen-bond donors (Lipinski definition) is 2. The van der Waals surface area contributed by atoms with Gasteiger partial charge in [-0.1, -0.05) is 12.1 Å². The molecule has 4 heteroatoms. The molecule has 18 heavy (non-hydrogen) atoms. The zero-order chi connectivity index (χ0) is 12.7. The van der Waals surface area contributed by atoms with E-state index in [1.807, 2.05) is 12.1 Å². The normalized spacial score (nSPS) is 25.7. The average molecular weight is 245 g/mol. The molecule has 2 heterocycles. The summed E-state index contributed by atoms with van der Waals surface area (Å²) in [5.74, 6) is 0.777. The maximum absolute atomic E-state index is 9.79. The predicted octanol–water partition coefficient (Wildman–Crippen LogP) is 2.47. The van der Waals surface area contributed by atoms with Gasteiger partial charge in [0.05, 0.1) is 0 Å². The summed E-state index contributed by atoms with van der Waals surface area (Å²) in [5, 5.41) is 18.2. The number of nitrogens with one attached hydrogen (secondary N) is 1. The maximum atomic E-state index is 9.79. The Kier molecular flexibility index (Phi) is 2.74. The van der Waals surface area contributed by atoms with Crippen LogP contribution >= 0.6 is 0 Å². The second kappa shape index (κ2) is 4.28. The molecule has 4 nitrogen and oxygen atoms in total. The minimum Gasteiger partial charge on any atom is -0.506 e. The van der Waals surface area contributed by atoms with Crippen molar-refractivity contribution in [2.75, 3.05) is 13.6 Å². The molecule has 0 saturated carbocycles. The second-order valence-corrected chi connectivity index (χ2v) is 5.36. The number of H-pyrrole nitrogens is 1. The number of nitrogens with zero attached hydrogens (tertiary/aromatic N) is 2. The van der Waals surface area contributed by atoms with Gasteiger partial charge in [0.15, 0.2) is 0 Å². The van der Waals surface area contributed by atoms with E-state index in [0.717, 1.165) is 24.8 Å². The molecule has 0 aliphatic carbocycles. The standard InChI is InChI=1S/C14H19N3O/c1-9-8-10(6-7-17(9)2)13-11-4-3-5-12(18)14(11)16-15-13/h3-5,9-10,18H,6-8H2,1-2H3,(H,15,16). The molecule has 0 bridgehead atoms. The van der Waals surface area contributed by atoms with Gasteiger partial charge in [-0.2, -0.15) is 5.10 Å². The fourth-order valence-corrected chi connectivity index (χ4v) is 2.91. The van der Waals surface area contributed by atoms with Gasteiger partial charge in [-0.25, -0.2) is 0 Å². The van der Waals surface area contributed by atoms with Crippen molar-refractivity contribution in [2.24, 2.45) is 0 Å². The van der Waals surface area contributed by atoms with Gasteiger partial charge in [0.1, 0.15) is 11.3 Å². The third kappa shape index (κ3) is 1.77. The minimum atomic E-state index is 0.260. The van der Waals surface area contributed by atoms with Gasteiger partial charge in [-0.05, 0) is 39.4 Å². The molecule has 1 aliphatic heterocycles. The molecule has 96 valence electrons. The van der Waals surface area contributed by atoms with E-state index >= 15 is 0 Å². The molecule has 1 aromatic carbocycles. The highest BCUT2D eigenvalue weighted by molar-refractivity contribution is 5.86. The third-order valence-corrected chi connectivity index (χ3v) is 4.21. The first-order valence-electron chi connectivity index (χ1n) is 6.53. The summed E-state index contributed by atoms with van der Waals surface area (Å²) in [6.45, 7) is 3.38. The zero-order valence-corrected chi connectivity index (χ0v) is 10.8. The van der Waals surface area contributed by atoms with Crippen LogP contribution in [0.4, 0.5) is 0 Å². The van der Waals surface area contributed by atoms with Crippen LogP contribution in [0.2, 0.25) is 0 Å². The third-order valence-electron chi connectivity index (χ3n) is 4.21. The number of likely N-dealkylation sites (tertiary alicyclic amines) is 1. The molecule has 0 amide bonds. The van der Waals surface area contributed by atoms with Crippen molar-refractivity contribution in [3.63, 3.8) is 0 Å².